The third-order valence-electron chi connectivity index (χ3n) is 5.94. The molecule has 0 aromatic carbocycles. The highest BCUT2D eigenvalue weighted by atomic mass is 15.3. The highest BCUT2D eigenvalue weighted by Gasteiger charge is 2.32. The predicted octanol–water partition coefficient (Wildman–Crippen LogP) is 1.51. The zero-order valence-electron chi connectivity index (χ0n) is 15.2. The summed E-state index contributed by atoms with van der Waals surface area (Å²) in [5.41, 5.74) is 3.42. The average molecular weight is 350 g/mol. The second-order valence-corrected chi connectivity index (χ2v) is 7.54. The van der Waals surface area contributed by atoms with E-state index in [1.54, 1.807) is 0 Å². The van der Waals surface area contributed by atoms with Crippen molar-refractivity contribution in [2.24, 2.45) is 0 Å². The molecular formula is C20H26N6. The number of nitrogens with one attached hydrogen (secondary N) is 1. The topological polar surface area (TPSA) is 57.2 Å². The van der Waals surface area contributed by atoms with Gasteiger partial charge in [0.05, 0.1) is 5.69 Å². The molecule has 3 aliphatic heterocycles. The van der Waals surface area contributed by atoms with Gasteiger partial charge in [0.2, 0.25) is 0 Å². The largest absolute Gasteiger partial charge is 0.353 e. The molecule has 6 heteroatoms. The number of aromatic nitrogens is 3. The van der Waals surface area contributed by atoms with Gasteiger partial charge in [-0.05, 0) is 44.5 Å². The van der Waals surface area contributed by atoms with Crippen LogP contribution in [0.1, 0.15) is 24.1 Å². The molecule has 0 saturated carbocycles. The van der Waals surface area contributed by atoms with E-state index in [1.165, 1.54) is 30.6 Å². The third kappa shape index (κ3) is 2.97. The maximum absolute atomic E-state index is 5.04. The van der Waals surface area contributed by atoms with Crippen LogP contribution in [0.2, 0.25) is 0 Å². The first kappa shape index (κ1) is 16.1. The van der Waals surface area contributed by atoms with Crippen LogP contribution in [0.15, 0.2) is 24.4 Å². The van der Waals surface area contributed by atoms with Gasteiger partial charge in [-0.15, -0.1) is 0 Å². The second-order valence-electron chi connectivity index (χ2n) is 7.54. The van der Waals surface area contributed by atoms with Crippen LogP contribution in [0.4, 0.5) is 5.82 Å². The van der Waals surface area contributed by atoms with Crippen LogP contribution >= 0.6 is 0 Å². The summed E-state index contributed by atoms with van der Waals surface area (Å²) in [6.07, 6.45) is 6.46. The number of anilines is 1. The summed E-state index contributed by atoms with van der Waals surface area (Å²) in [5.74, 6) is 1.93. The van der Waals surface area contributed by atoms with Gasteiger partial charge in [-0.1, -0.05) is 6.07 Å². The molecule has 5 rings (SSSR count). The van der Waals surface area contributed by atoms with E-state index in [0.717, 1.165) is 62.9 Å². The third-order valence-corrected chi connectivity index (χ3v) is 5.94. The minimum Gasteiger partial charge on any atom is -0.353 e. The van der Waals surface area contributed by atoms with Crippen LogP contribution < -0.4 is 10.2 Å². The van der Waals surface area contributed by atoms with Gasteiger partial charge in [-0.2, -0.15) is 0 Å². The van der Waals surface area contributed by atoms with E-state index in [0.29, 0.717) is 6.04 Å². The van der Waals surface area contributed by atoms with Crippen molar-refractivity contribution in [2.75, 3.05) is 44.2 Å². The molecule has 0 aliphatic carbocycles. The highest BCUT2D eigenvalue weighted by Crippen LogP contribution is 2.30. The van der Waals surface area contributed by atoms with Crippen molar-refractivity contribution >= 4 is 5.82 Å². The number of nitrogens with zero attached hydrogens (tertiary/aromatic N) is 5. The molecular weight excluding hydrogens is 324 g/mol. The number of rotatable bonds is 2. The molecule has 1 unspecified atom stereocenters. The van der Waals surface area contributed by atoms with E-state index in [9.17, 15) is 0 Å². The summed E-state index contributed by atoms with van der Waals surface area (Å²) in [6.45, 7) is 6.58. The van der Waals surface area contributed by atoms with Crippen molar-refractivity contribution in [1.82, 2.24) is 25.2 Å². The van der Waals surface area contributed by atoms with Crippen molar-refractivity contribution in [1.29, 1.82) is 0 Å². The average Bonchev–Trinajstić information content (AvgIpc) is 3.03. The fraction of sp³-hybridized carbons (Fsp3) is 0.550. The Morgan fingerprint density at radius 1 is 1.04 bits per heavy atom. The van der Waals surface area contributed by atoms with Gasteiger partial charge in [0.25, 0.3) is 0 Å². The number of hydrogen-bond donors (Lipinski definition) is 1. The van der Waals surface area contributed by atoms with Crippen molar-refractivity contribution in [3.8, 4) is 11.5 Å². The predicted molar refractivity (Wildman–Crippen MR) is 102 cm³/mol. The molecule has 2 aromatic heterocycles. The lowest BCUT2D eigenvalue weighted by molar-refractivity contribution is 0.230. The molecule has 1 atom stereocenters. The quantitative estimate of drug-likeness (QED) is 0.886. The normalized spacial score (nSPS) is 23.4. The molecule has 0 amide bonds. The monoisotopic (exact) mass is 350 g/mol. The number of hydrogen-bond acceptors (Lipinski definition) is 6. The van der Waals surface area contributed by atoms with Crippen LogP contribution in [0.5, 0.6) is 0 Å². The van der Waals surface area contributed by atoms with Crippen molar-refractivity contribution in [3.05, 3.63) is 35.7 Å². The molecule has 5 heterocycles. The molecule has 0 bridgehead atoms. The van der Waals surface area contributed by atoms with Crippen molar-refractivity contribution in [3.63, 3.8) is 0 Å². The Morgan fingerprint density at radius 2 is 2.00 bits per heavy atom. The fourth-order valence-electron chi connectivity index (χ4n) is 4.58. The maximum atomic E-state index is 5.04. The zero-order valence-corrected chi connectivity index (χ0v) is 15.2. The fourth-order valence-corrected chi connectivity index (χ4v) is 4.58. The van der Waals surface area contributed by atoms with E-state index in [4.69, 9.17) is 9.97 Å². The summed E-state index contributed by atoms with van der Waals surface area (Å²) in [4.78, 5) is 19.6. The van der Waals surface area contributed by atoms with Gasteiger partial charge >= 0.3 is 0 Å². The standard InChI is InChI=1S/C20H26N6/c1-2-8-22-18(5-1)19-23-17-7-10-21-9-6-16(17)20(24-19)26-13-12-25-11-3-4-15(25)14-26/h1-2,5,8,15,21H,3-4,6-7,9-14H2. The summed E-state index contributed by atoms with van der Waals surface area (Å²) in [6, 6.07) is 6.65. The lowest BCUT2D eigenvalue weighted by atomic mass is 10.1. The van der Waals surface area contributed by atoms with E-state index in [-0.39, 0.29) is 0 Å². The second kappa shape index (κ2) is 6.93. The Kier molecular flexibility index (Phi) is 4.30. The number of piperazine rings is 1. The summed E-state index contributed by atoms with van der Waals surface area (Å²) >= 11 is 0. The molecule has 0 radical (unpaired) electrons. The van der Waals surface area contributed by atoms with Gasteiger partial charge in [-0.25, -0.2) is 9.97 Å². The summed E-state index contributed by atoms with van der Waals surface area (Å²) < 4.78 is 0. The van der Waals surface area contributed by atoms with E-state index >= 15 is 0 Å². The smallest absolute Gasteiger partial charge is 0.180 e. The molecule has 2 aromatic rings. The Morgan fingerprint density at radius 3 is 2.92 bits per heavy atom. The highest BCUT2D eigenvalue weighted by molar-refractivity contribution is 5.58. The summed E-state index contributed by atoms with van der Waals surface area (Å²) in [7, 11) is 0. The first-order chi connectivity index (χ1) is 12.9. The van der Waals surface area contributed by atoms with E-state index < -0.39 is 0 Å². The lowest BCUT2D eigenvalue weighted by Crippen LogP contribution is -2.50. The van der Waals surface area contributed by atoms with E-state index in [1.807, 2.05) is 24.4 Å². The molecule has 0 spiro atoms. The summed E-state index contributed by atoms with van der Waals surface area (Å²) in [5, 5.41) is 3.51. The number of pyridine rings is 1. The Bertz CT molecular complexity index is 777. The Labute approximate surface area is 154 Å². The van der Waals surface area contributed by atoms with Crippen LogP contribution in [0.25, 0.3) is 11.5 Å². The SMILES string of the molecule is c1ccc(-c2nc3c(c(N4CCN5CCCC5C4)n2)CCNCC3)nc1. The van der Waals surface area contributed by atoms with E-state index in [2.05, 4.69) is 20.1 Å². The molecule has 26 heavy (non-hydrogen) atoms. The van der Waals surface area contributed by atoms with Gasteiger partial charge in [0.1, 0.15) is 11.5 Å². The Hall–Kier alpha value is -2.05. The van der Waals surface area contributed by atoms with Crippen LogP contribution in [0.3, 0.4) is 0 Å². The molecule has 136 valence electrons. The molecule has 3 aliphatic rings. The van der Waals surface area contributed by atoms with Gasteiger partial charge in [-0.3, -0.25) is 9.88 Å². The Balaban J connectivity index is 1.56. The van der Waals surface area contributed by atoms with Crippen LogP contribution in [-0.4, -0.2) is 65.2 Å². The molecule has 1 N–H and O–H groups in total. The van der Waals surface area contributed by atoms with Gasteiger partial charge in [0.15, 0.2) is 5.82 Å². The maximum Gasteiger partial charge on any atom is 0.180 e. The number of fused-ring (bicyclic) bond motifs is 2. The van der Waals surface area contributed by atoms with Crippen molar-refractivity contribution in [2.45, 2.75) is 31.7 Å². The first-order valence-corrected chi connectivity index (χ1v) is 9.89. The minimum atomic E-state index is 0.691. The first-order valence-electron chi connectivity index (χ1n) is 9.89. The minimum absolute atomic E-state index is 0.691. The lowest BCUT2D eigenvalue weighted by Gasteiger charge is -2.39. The molecule has 6 nitrogen and oxygen atoms in total. The van der Waals surface area contributed by atoms with Crippen molar-refractivity contribution < 1.29 is 0 Å². The van der Waals surface area contributed by atoms with Crippen LogP contribution in [0, 0.1) is 0 Å². The van der Waals surface area contributed by atoms with Crippen LogP contribution in [-0.2, 0) is 12.8 Å². The molecule has 2 fully saturated rings. The van der Waals surface area contributed by atoms with Gasteiger partial charge < -0.3 is 10.2 Å². The zero-order chi connectivity index (χ0) is 17.3. The molecule has 2 saturated heterocycles. The van der Waals surface area contributed by atoms with Gasteiger partial charge in [0, 0.05) is 50.4 Å².